The fraction of sp³-hybridized carbons (Fsp3) is 0.333. The molecule has 3 heterocycles. The number of rotatable bonds is 3. The molecule has 1 fully saturated rings. The molecule has 2 N–H and O–H groups in total. The van der Waals surface area contributed by atoms with Gasteiger partial charge in [-0.05, 0) is 48.6 Å². The Kier molecular flexibility index (Phi) is 4.30. The van der Waals surface area contributed by atoms with Crippen LogP contribution in [0.25, 0.3) is 10.2 Å². The maximum Gasteiger partial charge on any atom is 0.241 e. The average Bonchev–Trinajstić information content (AvgIpc) is 3.36. The Bertz CT molecular complexity index is 993. The number of carbonyl (C=O) groups excluding carboxylic acids is 1. The number of nitrogens with one attached hydrogen (secondary N) is 2. The summed E-state index contributed by atoms with van der Waals surface area (Å²) in [6.45, 7) is 2.93. The van der Waals surface area contributed by atoms with Crippen molar-refractivity contribution < 1.29 is 4.79 Å². The van der Waals surface area contributed by atoms with Gasteiger partial charge in [-0.25, -0.2) is 4.98 Å². The molecule has 2 aliphatic heterocycles. The fourth-order valence-corrected chi connectivity index (χ4v) is 4.96. The van der Waals surface area contributed by atoms with Gasteiger partial charge in [-0.1, -0.05) is 35.6 Å². The van der Waals surface area contributed by atoms with Crippen molar-refractivity contribution in [2.75, 3.05) is 23.3 Å². The second kappa shape index (κ2) is 6.94. The van der Waals surface area contributed by atoms with Crippen LogP contribution in [0, 0.1) is 0 Å². The van der Waals surface area contributed by atoms with Crippen molar-refractivity contribution in [3.63, 3.8) is 0 Å². The molecule has 2 aromatic carbocycles. The number of amides is 1. The van der Waals surface area contributed by atoms with Gasteiger partial charge in [-0.2, -0.15) is 0 Å². The van der Waals surface area contributed by atoms with E-state index in [9.17, 15) is 4.79 Å². The molecule has 138 valence electrons. The molecular weight excluding hydrogens is 356 g/mol. The first kappa shape index (κ1) is 16.7. The monoisotopic (exact) mass is 378 g/mol. The van der Waals surface area contributed by atoms with Crippen molar-refractivity contribution in [2.24, 2.45) is 0 Å². The number of carbonyl (C=O) groups is 1. The molecule has 3 aromatic rings. The minimum Gasteiger partial charge on any atom is -0.348 e. The molecule has 1 atom stereocenters. The zero-order valence-corrected chi connectivity index (χ0v) is 15.9. The van der Waals surface area contributed by atoms with Gasteiger partial charge < -0.3 is 15.5 Å². The van der Waals surface area contributed by atoms with E-state index in [-0.39, 0.29) is 11.9 Å². The summed E-state index contributed by atoms with van der Waals surface area (Å²) in [6.07, 6.45) is 3.22. The van der Waals surface area contributed by atoms with Gasteiger partial charge in [-0.3, -0.25) is 4.79 Å². The molecule has 27 heavy (non-hydrogen) atoms. The van der Waals surface area contributed by atoms with Gasteiger partial charge in [0, 0.05) is 25.3 Å². The zero-order valence-electron chi connectivity index (χ0n) is 15.1. The third-order valence-corrected chi connectivity index (χ3v) is 6.50. The zero-order chi connectivity index (χ0) is 18.2. The van der Waals surface area contributed by atoms with E-state index in [1.54, 1.807) is 11.3 Å². The van der Waals surface area contributed by atoms with Crippen molar-refractivity contribution in [3.8, 4) is 0 Å². The van der Waals surface area contributed by atoms with Gasteiger partial charge >= 0.3 is 0 Å². The molecule has 1 saturated heterocycles. The maximum atomic E-state index is 12.7. The number of anilines is 2. The summed E-state index contributed by atoms with van der Waals surface area (Å²) in [4.78, 5) is 19.8. The number of aromatic nitrogens is 1. The molecule has 5 nitrogen and oxygen atoms in total. The van der Waals surface area contributed by atoms with E-state index in [4.69, 9.17) is 4.98 Å². The summed E-state index contributed by atoms with van der Waals surface area (Å²) in [5.41, 5.74) is 4.38. The average molecular weight is 379 g/mol. The molecule has 0 bridgehead atoms. The molecule has 5 rings (SSSR count). The first-order chi connectivity index (χ1) is 13.3. The highest BCUT2D eigenvalue weighted by molar-refractivity contribution is 7.22. The van der Waals surface area contributed by atoms with Gasteiger partial charge in [0.25, 0.3) is 0 Å². The fourth-order valence-electron chi connectivity index (χ4n) is 3.90. The molecule has 0 radical (unpaired) electrons. The van der Waals surface area contributed by atoms with Gasteiger partial charge in [0.15, 0.2) is 5.13 Å². The highest BCUT2D eigenvalue weighted by Gasteiger charge is 2.24. The number of fused-ring (bicyclic) bond motifs is 2. The lowest BCUT2D eigenvalue weighted by Gasteiger charge is -2.25. The lowest BCUT2D eigenvalue weighted by Crippen LogP contribution is -2.44. The Hall–Kier alpha value is -2.44. The third-order valence-electron chi connectivity index (χ3n) is 5.42. The highest BCUT2D eigenvalue weighted by Crippen LogP contribution is 2.32. The molecule has 0 aliphatic carbocycles. The summed E-state index contributed by atoms with van der Waals surface area (Å²) in [7, 11) is 0. The van der Waals surface area contributed by atoms with Crippen LogP contribution in [0.15, 0.2) is 42.5 Å². The largest absolute Gasteiger partial charge is 0.348 e. The summed E-state index contributed by atoms with van der Waals surface area (Å²) >= 11 is 1.71. The van der Waals surface area contributed by atoms with E-state index < -0.39 is 0 Å². The van der Waals surface area contributed by atoms with Crippen LogP contribution in [0.5, 0.6) is 0 Å². The van der Waals surface area contributed by atoms with E-state index in [0.29, 0.717) is 0 Å². The molecule has 0 spiro atoms. The van der Waals surface area contributed by atoms with Crippen molar-refractivity contribution in [1.82, 2.24) is 10.3 Å². The maximum absolute atomic E-state index is 12.7. The van der Waals surface area contributed by atoms with E-state index in [2.05, 4.69) is 27.7 Å². The Morgan fingerprint density at radius 2 is 1.96 bits per heavy atom. The Morgan fingerprint density at radius 3 is 2.81 bits per heavy atom. The molecule has 2 aliphatic rings. The number of nitrogens with zero attached hydrogens (tertiary/aromatic N) is 2. The molecular formula is C21H22N4OS. The van der Waals surface area contributed by atoms with Crippen LogP contribution >= 0.6 is 11.3 Å². The van der Waals surface area contributed by atoms with Gasteiger partial charge in [0.1, 0.15) is 0 Å². The van der Waals surface area contributed by atoms with Gasteiger partial charge in [0.2, 0.25) is 5.91 Å². The Balaban J connectivity index is 1.31. The van der Waals surface area contributed by atoms with Crippen LogP contribution in [-0.4, -0.2) is 30.0 Å². The number of benzene rings is 2. The number of hydrogen-bond donors (Lipinski definition) is 2. The van der Waals surface area contributed by atoms with Crippen molar-refractivity contribution in [3.05, 3.63) is 53.6 Å². The van der Waals surface area contributed by atoms with Crippen molar-refractivity contribution in [2.45, 2.75) is 31.8 Å². The first-order valence-electron chi connectivity index (χ1n) is 9.53. The van der Waals surface area contributed by atoms with Crippen LogP contribution in [0.1, 0.15) is 24.0 Å². The standard InChI is InChI=1S/C21H22N4OS/c26-20(18-11-14-5-1-2-6-15(14)13-22-18)23-16-7-8-17-19(12-16)27-21(24-17)25-9-3-4-10-25/h1-2,5-8,12,18,22H,3-4,9-11,13H2,(H,23,26). The summed E-state index contributed by atoms with van der Waals surface area (Å²) in [5.74, 6) is 0.0214. The van der Waals surface area contributed by atoms with Gasteiger partial charge in [-0.15, -0.1) is 0 Å². The normalized spacial score (nSPS) is 19.3. The minimum absolute atomic E-state index is 0.0214. The topological polar surface area (TPSA) is 57.3 Å². The van der Waals surface area contributed by atoms with Crippen LogP contribution in [0.3, 0.4) is 0 Å². The van der Waals surface area contributed by atoms with E-state index in [1.165, 1.54) is 24.0 Å². The van der Waals surface area contributed by atoms with Crippen LogP contribution in [-0.2, 0) is 17.8 Å². The third kappa shape index (κ3) is 3.31. The van der Waals surface area contributed by atoms with Crippen LogP contribution in [0.4, 0.5) is 10.8 Å². The molecule has 6 heteroatoms. The highest BCUT2D eigenvalue weighted by atomic mass is 32.1. The number of thiazole rings is 1. The second-order valence-electron chi connectivity index (χ2n) is 7.27. The molecule has 1 unspecified atom stereocenters. The molecule has 1 aromatic heterocycles. The lowest BCUT2D eigenvalue weighted by molar-refractivity contribution is -0.118. The second-order valence-corrected chi connectivity index (χ2v) is 8.28. The van der Waals surface area contributed by atoms with Crippen molar-refractivity contribution in [1.29, 1.82) is 0 Å². The van der Waals surface area contributed by atoms with Gasteiger partial charge in [0.05, 0.1) is 16.3 Å². The van der Waals surface area contributed by atoms with E-state index in [0.717, 1.165) is 47.1 Å². The predicted octanol–water partition coefficient (Wildman–Crippen LogP) is 3.55. The van der Waals surface area contributed by atoms with Crippen molar-refractivity contribution >= 4 is 38.3 Å². The summed E-state index contributed by atoms with van der Waals surface area (Å²) in [5, 5.41) is 7.52. The van der Waals surface area contributed by atoms with Crippen LogP contribution < -0.4 is 15.5 Å². The molecule has 0 saturated carbocycles. The smallest absolute Gasteiger partial charge is 0.241 e. The van der Waals surface area contributed by atoms with E-state index >= 15 is 0 Å². The summed E-state index contributed by atoms with van der Waals surface area (Å²) < 4.78 is 1.12. The summed E-state index contributed by atoms with van der Waals surface area (Å²) in [6, 6.07) is 14.1. The SMILES string of the molecule is O=C(Nc1ccc2nc(N3CCCC3)sc2c1)C1Cc2ccccc2CN1. The minimum atomic E-state index is -0.197. The quantitative estimate of drug-likeness (QED) is 0.732. The van der Waals surface area contributed by atoms with E-state index in [1.807, 2.05) is 30.3 Å². The first-order valence-corrected chi connectivity index (χ1v) is 10.3. The predicted molar refractivity (Wildman–Crippen MR) is 110 cm³/mol. The number of hydrogen-bond acceptors (Lipinski definition) is 5. The van der Waals surface area contributed by atoms with Crippen LogP contribution in [0.2, 0.25) is 0 Å². The Labute approximate surface area is 162 Å². The lowest BCUT2D eigenvalue weighted by atomic mass is 9.95. The Morgan fingerprint density at radius 1 is 1.15 bits per heavy atom. The molecule has 1 amide bonds.